The lowest BCUT2D eigenvalue weighted by atomic mass is 9.50. The van der Waals surface area contributed by atoms with Crippen LogP contribution in [0, 0.1) is 5.92 Å². The lowest BCUT2D eigenvalue weighted by molar-refractivity contribution is -0.244. The largest absolute Gasteiger partial charge is 0.383 e. The second-order valence-electron chi connectivity index (χ2n) is 11.6. The Morgan fingerprint density at radius 3 is 2.83 bits per heavy atom. The van der Waals surface area contributed by atoms with E-state index in [4.69, 9.17) is 0 Å². The first-order valence-corrected chi connectivity index (χ1v) is 12.4. The number of hydrogen-bond donors (Lipinski definition) is 1. The Morgan fingerprint density at radius 2 is 1.93 bits per heavy atom. The quantitative estimate of drug-likeness (QED) is 0.668. The molecule has 4 heteroatoms. The highest BCUT2D eigenvalue weighted by atomic mass is 16.3. The van der Waals surface area contributed by atoms with Crippen LogP contribution in [0.15, 0.2) is 17.7 Å². The summed E-state index contributed by atoms with van der Waals surface area (Å²) in [5.41, 5.74) is 2.70. The Hall–Kier alpha value is -1.39. The van der Waals surface area contributed by atoms with E-state index in [1.54, 1.807) is 0 Å². The van der Waals surface area contributed by atoms with Crippen LogP contribution in [-0.2, 0) is 0 Å². The highest BCUT2D eigenvalue weighted by Gasteiger charge is 2.70. The second-order valence-corrected chi connectivity index (χ2v) is 11.6. The topological polar surface area (TPSA) is 45.5 Å². The van der Waals surface area contributed by atoms with E-state index in [9.17, 15) is 9.90 Å². The van der Waals surface area contributed by atoms with Crippen LogP contribution in [0.2, 0.25) is 0 Å². The van der Waals surface area contributed by atoms with Crippen LogP contribution in [0.5, 0.6) is 0 Å². The van der Waals surface area contributed by atoms with Gasteiger partial charge in [0, 0.05) is 36.2 Å². The van der Waals surface area contributed by atoms with Crippen LogP contribution >= 0.6 is 0 Å². The third kappa shape index (κ3) is 1.99. The number of fused-ring (bicyclic) bond motifs is 1. The molecule has 0 aliphatic carbocycles. The van der Waals surface area contributed by atoms with Gasteiger partial charge >= 0.3 is 0 Å². The van der Waals surface area contributed by atoms with Crippen molar-refractivity contribution in [2.75, 3.05) is 0 Å². The Labute approximate surface area is 179 Å². The van der Waals surface area contributed by atoms with E-state index in [2.05, 4.69) is 28.5 Å². The number of aromatic nitrogens is 1. The number of rotatable bonds is 0. The SMILES string of the molecule is C[C@@H]1C[C@@H]2CCC[C@@]34CCC[C@@](C1)(N23)[C@]1(O)C[C@@H]2CCC(=O)c3ccc(n32)C=C1C4. The minimum Gasteiger partial charge on any atom is -0.383 e. The number of ketones is 1. The fraction of sp³-hybridized carbons (Fsp3) is 0.731. The molecule has 0 amide bonds. The number of hydrogen-bond acceptors (Lipinski definition) is 3. The van der Waals surface area contributed by atoms with E-state index < -0.39 is 5.60 Å². The van der Waals surface area contributed by atoms with Crippen molar-refractivity contribution in [3.8, 4) is 0 Å². The van der Waals surface area contributed by atoms with Crippen molar-refractivity contribution in [1.29, 1.82) is 0 Å². The summed E-state index contributed by atoms with van der Waals surface area (Å²) in [5.74, 6) is 0.946. The maximum atomic E-state index is 12.8. The molecule has 4 nitrogen and oxygen atoms in total. The molecule has 1 aromatic heterocycles. The number of nitrogens with zero attached hydrogens (tertiary/aromatic N) is 2. The Balaban J connectivity index is 1.46. The van der Waals surface area contributed by atoms with Gasteiger partial charge in [-0.3, -0.25) is 9.69 Å². The highest BCUT2D eigenvalue weighted by molar-refractivity contribution is 5.96. The predicted octanol–water partition coefficient (Wildman–Crippen LogP) is 4.87. The van der Waals surface area contributed by atoms with E-state index >= 15 is 0 Å². The van der Waals surface area contributed by atoms with Gasteiger partial charge in [-0.2, -0.15) is 0 Å². The molecule has 7 rings (SSSR count). The summed E-state index contributed by atoms with van der Waals surface area (Å²) in [6, 6.07) is 5.05. The van der Waals surface area contributed by atoms with Crippen molar-refractivity contribution < 1.29 is 9.90 Å². The standard InChI is InChI=1S/C26H34N2O2/c1-17-12-20-4-2-9-24-10-3-11-25(14-17,28(20)24)26(30)16-21-6-8-23(29)22-7-5-19(27(21)22)13-18(26)15-24/h5,7,13,17,20-21,30H,2-4,6,8-12,14-16H2,1H3/t17-,20+,21+,24+,25+,26+/m1/s1. The van der Waals surface area contributed by atoms with Gasteiger partial charge in [-0.05, 0) is 87.5 Å². The smallest absolute Gasteiger partial charge is 0.179 e. The van der Waals surface area contributed by atoms with Crippen molar-refractivity contribution in [1.82, 2.24) is 9.47 Å². The van der Waals surface area contributed by atoms with Gasteiger partial charge < -0.3 is 9.67 Å². The Morgan fingerprint density at radius 1 is 1.07 bits per heavy atom. The first-order valence-electron chi connectivity index (χ1n) is 12.4. The molecule has 0 saturated carbocycles. The fourth-order valence-corrected chi connectivity index (χ4v) is 9.34. The van der Waals surface area contributed by atoms with Gasteiger partial charge in [0.25, 0.3) is 0 Å². The predicted molar refractivity (Wildman–Crippen MR) is 116 cm³/mol. The van der Waals surface area contributed by atoms with Crippen molar-refractivity contribution in [2.45, 2.75) is 113 Å². The van der Waals surface area contributed by atoms with E-state index in [1.807, 2.05) is 6.07 Å². The summed E-state index contributed by atoms with van der Waals surface area (Å²) in [7, 11) is 0. The summed E-state index contributed by atoms with van der Waals surface area (Å²) < 4.78 is 2.29. The molecule has 0 radical (unpaired) electrons. The van der Waals surface area contributed by atoms with Crippen molar-refractivity contribution in [2.24, 2.45) is 5.92 Å². The van der Waals surface area contributed by atoms with Crippen LogP contribution < -0.4 is 0 Å². The molecule has 6 atom stereocenters. The van der Waals surface area contributed by atoms with E-state index in [0.717, 1.165) is 43.5 Å². The molecular formula is C26H34N2O2. The maximum absolute atomic E-state index is 12.8. The minimum absolute atomic E-state index is 0.107. The van der Waals surface area contributed by atoms with Gasteiger partial charge in [-0.15, -0.1) is 0 Å². The Kier molecular flexibility index (Phi) is 3.45. The van der Waals surface area contributed by atoms with Crippen LogP contribution in [0.25, 0.3) is 6.08 Å². The summed E-state index contributed by atoms with van der Waals surface area (Å²) in [6.07, 6.45) is 15.7. The minimum atomic E-state index is -0.761. The van der Waals surface area contributed by atoms with Crippen LogP contribution in [-0.4, -0.2) is 43.1 Å². The van der Waals surface area contributed by atoms with Crippen molar-refractivity contribution in [3.63, 3.8) is 0 Å². The summed E-state index contributed by atoms with van der Waals surface area (Å²) in [4.78, 5) is 15.5. The zero-order valence-electron chi connectivity index (χ0n) is 18.2. The summed E-state index contributed by atoms with van der Waals surface area (Å²) in [5, 5.41) is 12.8. The molecule has 7 heterocycles. The van der Waals surface area contributed by atoms with Crippen molar-refractivity contribution >= 4 is 11.9 Å². The summed E-state index contributed by atoms with van der Waals surface area (Å²) in [6.45, 7) is 2.43. The third-order valence-electron chi connectivity index (χ3n) is 10.1. The molecule has 0 aromatic carbocycles. The molecule has 4 saturated heterocycles. The molecule has 160 valence electrons. The molecule has 6 aliphatic rings. The van der Waals surface area contributed by atoms with Crippen LogP contribution in [0.3, 0.4) is 0 Å². The first kappa shape index (κ1) is 18.2. The molecule has 4 fully saturated rings. The number of carbonyl (C=O) groups is 1. The van der Waals surface area contributed by atoms with Gasteiger partial charge in [0.05, 0.1) is 11.2 Å². The van der Waals surface area contributed by atoms with Crippen LogP contribution in [0.1, 0.15) is 106 Å². The average molecular weight is 407 g/mol. The normalized spacial score (nSPS) is 46.9. The molecule has 0 spiro atoms. The van der Waals surface area contributed by atoms with Gasteiger partial charge in [0.2, 0.25) is 0 Å². The molecule has 0 unspecified atom stereocenters. The Bertz CT molecular complexity index is 974. The van der Waals surface area contributed by atoms with Crippen molar-refractivity contribution in [3.05, 3.63) is 29.1 Å². The molecule has 1 N–H and O–H groups in total. The molecule has 1 aromatic rings. The van der Waals surface area contributed by atoms with Crippen LogP contribution in [0.4, 0.5) is 0 Å². The zero-order chi connectivity index (χ0) is 20.3. The lowest BCUT2D eigenvalue weighted by Gasteiger charge is -2.74. The highest BCUT2D eigenvalue weighted by Crippen LogP contribution is 2.65. The molecule has 6 aliphatic heterocycles. The second kappa shape index (κ2) is 5.69. The monoisotopic (exact) mass is 406 g/mol. The summed E-state index contributed by atoms with van der Waals surface area (Å²) >= 11 is 0. The number of Topliss-reactive ketones (excluding diaryl/α,β-unsaturated/α-hetero) is 1. The fourth-order valence-electron chi connectivity index (χ4n) is 9.34. The van der Waals surface area contributed by atoms with Gasteiger partial charge in [-0.25, -0.2) is 0 Å². The van der Waals surface area contributed by atoms with E-state index in [-0.39, 0.29) is 22.9 Å². The molecule has 30 heavy (non-hydrogen) atoms. The first-order chi connectivity index (χ1) is 14.5. The van der Waals surface area contributed by atoms with Gasteiger partial charge in [-0.1, -0.05) is 13.3 Å². The average Bonchev–Trinajstić information content (AvgIpc) is 3.08. The number of piperidine rings is 4. The number of carbonyl (C=O) groups excluding carboxylic acids is 1. The molecule has 2 bridgehead atoms. The third-order valence-corrected chi connectivity index (χ3v) is 10.1. The van der Waals surface area contributed by atoms with E-state index in [0.29, 0.717) is 18.4 Å². The maximum Gasteiger partial charge on any atom is 0.179 e. The van der Waals surface area contributed by atoms with Gasteiger partial charge in [0.1, 0.15) is 5.60 Å². The molecular weight excluding hydrogens is 372 g/mol. The van der Waals surface area contributed by atoms with E-state index in [1.165, 1.54) is 44.1 Å². The number of aliphatic hydroxyl groups is 1. The van der Waals surface area contributed by atoms with Gasteiger partial charge in [0.15, 0.2) is 5.78 Å². The lowest BCUT2D eigenvalue weighted by Crippen LogP contribution is -2.81. The zero-order valence-corrected chi connectivity index (χ0v) is 18.2.